The van der Waals surface area contributed by atoms with Crippen molar-refractivity contribution in [2.45, 2.75) is 84.0 Å². The van der Waals surface area contributed by atoms with Crippen LogP contribution in [0.4, 0.5) is 0 Å². The quantitative estimate of drug-likeness (QED) is 0.229. The smallest absolute Gasteiger partial charge is 0.209 e. The molecule has 4 heteroatoms. The summed E-state index contributed by atoms with van der Waals surface area (Å²) in [5, 5.41) is 0. The van der Waals surface area contributed by atoms with Crippen LogP contribution in [0.15, 0.2) is 24.3 Å². The van der Waals surface area contributed by atoms with E-state index in [-0.39, 0.29) is 0 Å². The first-order valence-corrected chi connectivity index (χ1v) is 11.3. The number of rotatable bonds is 17. The molecule has 0 radical (unpaired) electrons. The van der Waals surface area contributed by atoms with Gasteiger partial charge in [-0.3, -0.25) is 9.59 Å². The fraction of sp³-hybridized carbons (Fsp3) is 0.680. The Bertz CT molecular complexity index is 505. The van der Waals surface area contributed by atoms with Crippen molar-refractivity contribution in [1.29, 1.82) is 0 Å². The Morgan fingerprint density at radius 2 is 1.28 bits per heavy atom. The lowest BCUT2D eigenvalue weighted by Gasteiger charge is -2.09. The van der Waals surface area contributed by atoms with Crippen molar-refractivity contribution < 1.29 is 14.3 Å². The number of carbonyl (C=O) groups is 2. The van der Waals surface area contributed by atoms with Crippen LogP contribution in [0.3, 0.4) is 0 Å². The zero-order valence-electron chi connectivity index (χ0n) is 19.0. The van der Waals surface area contributed by atoms with Crippen LogP contribution >= 0.6 is 0 Å². The van der Waals surface area contributed by atoms with E-state index < -0.39 is 0 Å². The maximum Gasteiger partial charge on any atom is 0.209 e. The van der Waals surface area contributed by atoms with E-state index in [4.69, 9.17) is 4.74 Å². The standard InChI is InChI=1S/C17H35NO2.C8H8O/c1-18(17-19)15-13-11-9-7-5-3-4-6-8-10-12-14-16-20-2;1-7-4-2-3-5-8(7)6-9/h17H,3-16H2,1-2H3;2-6H,1H3. The van der Waals surface area contributed by atoms with Crippen LogP contribution in [0.1, 0.15) is 93.0 Å². The molecule has 0 bridgehead atoms. The maximum atomic E-state index is 10.4. The molecule has 0 heterocycles. The molecule has 0 aliphatic heterocycles. The minimum Gasteiger partial charge on any atom is -0.385 e. The molecule has 166 valence electrons. The van der Waals surface area contributed by atoms with Crippen LogP contribution in [0.5, 0.6) is 0 Å². The molecular weight excluding hydrogens is 362 g/mol. The minimum atomic E-state index is 0.775. The lowest BCUT2D eigenvalue weighted by atomic mass is 10.1. The highest BCUT2D eigenvalue weighted by Gasteiger charge is 1.95. The number of hydrogen-bond acceptors (Lipinski definition) is 3. The predicted octanol–water partition coefficient (Wildman–Crippen LogP) is 6.21. The van der Waals surface area contributed by atoms with Gasteiger partial charge < -0.3 is 9.64 Å². The van der Waals surface area contributed by atoms with Crippen LogP contribution in [0.2, 0.25) is 0 Å². The van der Waals surface area contributed by atoms with Gasteiger partial charge in [-0.15, -0.1) is 0 Å². The van der Waals surface area contributed by atoms with E-state index in [1.54, 1.807) is 12.0 Å². The number of methoxy groups -OCH3 is 1. The summed E-state index contributed by atoms with van der Waals surface area (Å²) < 4.78 is 5.04. The molecule has 0 aromatic heterocycles. The van der Waals surface area contributed by atoms with Gasteiger partial charge in [-0.25, -0.2) is 0 Å². The van der Waals surface area contributed by atoms with Crippen LogP contribution in [-0.2, 0) is 9.53 Å². The first-order chi connectivity index (χ1) is 14.2. The molecule has 0 unspecified atom stereocenters. The summed E-state index contributed by atoms with van der Waals surface area (Å²) in [5.41, 5.74) is 1.81. The van der Waals surface area contributed by atoms with Crippen molar-refractivity contribution in [2.75, 3.05) is 27.3 Å². The SMILES string of the molecule is COCCCCCCCCCCCCCCN(C)C=O.Cc1ccccc1C=O. The van der Waals surface area contributed by atoms with E-state index in [9.17, 15) is 9.59 Å². The van der Waals surface area contributed by atoms with Crippen molar-refractivity contribution in [3.63, 3.8) is 0 Å². The van der Waals surface area contributed by atoms with Crippen molar-refractivity contribution >= 4 is 12.7 Å². The summed E-state index contributed by atoms with van der Waals surface area (Å²) in [7, 11) is 3.63. The number of benzene rings is 1. The summed E-state index contributed by atoms with van der Waals surface area (Å²) in [6.07, 6.45) is 17.8. The molecule has 0 saturated heterocycles. The molecule has 0 spiro atoms. The molecule has 4 nitrogen and oxygen atoms in total. The second kappa shape index (κ2) is 21.0. The molecular formula is C25H43NO3. The third kappa shape index (κ3) is 18.1. The van der Waals surface area contributed by atoms with E-state index in [0.717, 1.165) is 43.4 Å². The largest absolute Gasteiger partial charge is 0.385 e. The van der Waals surface area contributed by atoms with Gasteiger partial charge in [-0.2, -0.15) is 0 Å². The fourth-order valence-corrected chi connectivity index (χ4v) is 3.15. The minimum absolute atomic E-state index is 0.775. The second-order valence-corrected chi connectivity index (χ2v) is 7.80. The van der Waals surface area contributed by atoms with E-state index in [2.05, 4.69) is 0 Å². The fourth-order valence-electron chi connectivity index (χ4n) is 3.15. The van der Waals surface area contributed by atoms with Gasteiger partial charge >= 0.3 is 0 Å². The van der Waals surface area contributed by atoms with Crippen molar-refractivity contribution in [3.05, 3.63) is 35.4 Å². The molecule has 0 fully saturated rings. The van der Waals surface area contributed by atoms with Crippen LogP contribution < -0.4 is 0 Å². The summed E-state index contributed by atoms with van der Waals surface area (Å²) in [6, 6.07) is 7.51. The summed E-state index contributed by atoms with van der Waals surface area (Å²) in [5.74, 6) is 0. The molecule has 29 heavy (non-hydrogen) atoms. The number of aryl methyl sites for hydroxylation is 1. The Morgan fingerprint density at radius 1 is 0.793 bits per heavy atom. The van der Waals surface area contributed by atoms with Gasteiger partial charge in [-0.1, -0.05) is 88.5 Å². The Labute approximate surface area is 179 Å². The third-order valence-electron chi connectivity index (χ3n) is 5.10. The molecule has 1 amide bonds. The Hall–Kier alpha value is -1.68. The van der Waals surface area contributed by atoms with Crippen LogP contribution in [0, 0.1) is 6.92 Å². The number of nitrogens with zero attached hydrogens (tertiary/aromatic N) is 1. The highest BCUT2D eigenvalue weighted by molar-refractivity contribution is 5.76. The summed E-state index contributed by atoms with van der Waals surface area (Å²) >= 11 is 0. The van der Waals surface area contributed by atoms with Crippen molar-refractivity contribution in [3.8, 4) is 0 Å². The monoisotopic (exact) mass is 405 g/mol. The number of carbonyl (C=O) groups excluding carboxylic acids is 2. The van der Waals surface area contributed by atoms with E-state index in [0.29, 0.717) is 0 Å². The normalized spacial score (nSPS) is 10.2. The van der Waals surface area contributed by atoms with Gasteiger partial charge in [-0.05, 0) is 25.3 Å². The molecule has 1 aromatic rings. The Balaban J connectivity index is 0.000000717. The van der Waals surface area contributed by atoms with E-state index in [1.807, 2.05) is 38.2 Å². The molecule has 0 aliphatic carbocycles. The zero-order chi connectivity index (χ0) is 21.6. The number of hydrogen-bond donors (Lipinski definition) is 0. The van der Waals surface area contributed by atoms with E-state index >= 15 is 0 Å². The molecule has 0 N–H and O–H groups in total. The summed E-state index contributed by atoms with van der Waals surface area (Å²) in [6.45, 7) is 3.75. The average Bonchev–Trinajstić information content (AvgIpc) is 2.74. The lowest BCUT2D eigenvalue weighted by molar-refractivity contribution is -0.117. The number of aldehydes is 1. The zero-order valence-corrected chi connectivity index (χ0v) is 19.0. The second-order valence-electron chi connectivity index (χ2n) is 7.80. The Morgan fingerprint density at radius 3 is 1.69 bits per heavy atom. The first kappa shape index (κ1) is 27.3. The van der Waals surface area contributed by atoms with Gasteiger partial charge in [0.2, 0.25) is 6.41 Å². The lowest BCUT2D eigenvalue weighted by Crippen LogP contribution is -2.16. The highest BCUT2D eigenvalue weighted by Crippen LogP contribution is 2.12. The maximum absolute atomic E-state index is 10.4. The molecule has 1 rings (SSSR count). The third-order valence-corrected chi connectivity index (χ3v) is 5.10. The molecule has 1 aromatic carbocycles. The van der Waals surface area contributed by atoms with Gasteiger partial charge in [0.25, 0.3) is 0 Å². The van der Waals surface area contributed by atoms with Crippen molar-refractivity contribution in [2.24, 2.45) is 0 Å². The van der Waals surface area contributed by atoms with E-state index in [1.165, 1.54) is 70.6 Å². The molecule has 0 saturated carbocycles. The number of unbranched alkanes of at least 4 members (excludes halogenated alkanes) is 11. The average molecular weight is 406 g/mol. The van der Waals surface area contributed by atoms with Gasteiger partial charge in [0, 0.05) is 32.9 Å². The topological polar surface area (TPSA) is 46.6 Å². The highest BCUT2D eigenvalue weighted by atomic mass is 16.5. The Kier molecular flexibility index (Phi) is 19.8. The van der Waals surface area contributed by atoms with Gasteiger partial charge in [0.05, 0.1) is 0 Å². The number of ether oxygens (including phenoxy) is 1. The number of amides is 1. The van der Waals surface area contributed by atoms with Crippen LogP contribution in [-0.4, -0.2) is 44.9 Å². The van der Waals surface area contributed by atoms with Gasteiger partial charge in [0.1, 0.15) is 6.29 Å². The predicted molar refractivity (Wildman–Crippen MR) is 123 cm³/mol. The molecule has 0 atom stereocenters. The van der Waals surface area contributed by atoms with Crippen LogP contribution in [0.25, 0.3) is 0 Å². The van der Waals surface area contributed by atoms with Crippen molar-refractivity contribution in [1.82, 2.24) is 4.90 Å². The summed E-state index contributed by atoms with van der Waals surface area (Å²) in [4.78, 5) is 22.3. The molecule has 0 aliphatic rings. The first-order valence-electron chi connectivity index (χ1n) is 11.3. The van der Waals surface area contributed by atoms with Gasteiger partial charge in [0.15, 0.2) is 0 Å².